The van der Waals surface area contributed by atoms with Crippen molar-refractivity contribution in [1.29, 1.82) is 0 Å². The zero-order chi connectivity index (χ0) is 41.0. The molecule has 1 heterocycles. The number of hydrogen-bond acceptors (Lipinski definition) is 3. The standard InChI is InChI=1S/C58H44N2S/c1-57(2)45-27-15-13-25-42(45)55-47(57)29-17-31-49(55)59(37-19-7-5-8-20-37)39-33-34-44-52(35-39)61-53-36-51(40-23-11-12-24-41(40)54(44)53)60(38-21-9-6-10-22-38)50-32-18-30-48-56(50)43-26-14-16-28-46(43)58(48,3)4/h5-36H,1-4H3. The largest absolute Gasteiger partial charge is 0.310 e. The zero-order valence-corrected chi connectivity index (χ0v) is 35.6. The molecule has 12 rings (SSSR count). The molecule has 0 amide bonds. The minimum absolute atomic E-state index is 0.0917. The molecular formula is C58H44N2S. The Labute approximate surface area is 361 Å². The maximum Gasteiger partial charge on any atom is 0.0554 e. The predicted octanol–water partition coefficient (Wildman–Crippen LogP) is 16.8. The third-order valence-electron chi connectivity index (χ3n) is 13.6. The average molecular weight is 801 g/mol. The molecule has 0 atom stereocenters. The van der Waals surface area contributed by atoms with Crippen LogP contribution in [0.15, 0.2) is 194 Å². The highest BCUT2D eigenvalue weighted by molar-refractivity contribution is 7.26. The van der Waals surface area contributed by atoms with E-state index < -0.39 is 0 Å². The molecular weight excluding hydrogens is 757 g/mol. The second-order valence-electron chi connectivity index (χ2n) is 17.7. The number of hydrogen-bond donors (Lipinski definition) is 0. The molecule has 0 bridgehead atoms. The Balaban J connectivity index is 1.09. The van der Waals surface area contributed by atoms with Crippen molar-refractivity contribution in [3.63, 3.8) is 0 Å². The van der Waals surface area contributed by atoms with Crippen molar-refractivity contribution in [3.8, 4) is 22.3 Å². The molecule has 0 fully saturated rings. The van der Waals surface area contributed by atoms with Gasteiger partial charge in [-0.05, 0) is 93.4 Å². The summed E-state index contributed by atoms with van der Waals surface area (Å²) in [7, 11) is 0. The molecule has 2 aliphatic rings. The summed E-state index contributed by atoms with van der Waals surface area (Å²) in [6.07, 6.45) is 0. The summed E-state index contributed by atoms with van der Waals surface area (Å²) >= 11 is 1.89. The molecule has 0 saturated carbocycles. The summed E-state index contributed by atoms with van der Waals surface area (Å²) in [5, 5.41) is 5.10. The van der Waals surface area contributed by atoms with Gasteiger partial charge in [0.1, 0.15) is 0 Å². The SMILES string of the molecule is CC1(C)c2ccccc2-c2c(N(c3ccccc3)c3ccc4c(c3)sc3cc(N(c5ccccc5)c5cccc6c5-c5ccccc5C6(C)C)c5ccccc5c34)cccc21. The van der Waals surface area contributed by atoms with E-state index in [1.165, 1.54) is 92.5 Å². The van der Waals surface area contributed by atoms with Gasteiger partial charge >= 0.3 is 0 Å². The van der Waals surface area contributed by atoms with E-state index in [-0.39, 0.29) is 10.8 Å². The quantitative estimate of drug-likeness (QED) is 0.165. The topological polar surface area (TPSA) is 6.48 Å². The van der Waals surface area contributed by atoms with Crippen molar-refractivity contribution in [3.05, 3.63) is 216 Å². The summed E-state index contributed by atoms with van der Waals surface area (Å²) in [6, 6.07) is 72.1. The first-order valence-corrected chi connectivity index (χ1v) is 22.2. The van der Waals surface area contributed by atoms with Crippen molar-refractivity contribution in [2.24, 2.45) is 0 Å². The molecule has 2 nitrogen and oxygen atoms in total. The average Bonchev–Trinajstić information content (AvgIpc) is 3.87. The highest BCUT2D eigenvalue weighted by atomic mass is 32.1. The Bertz CT molecular complexity index is 3380. The van der Waals surface area contributed by atoms with Crippen LogP contribution in [0.1, 0.15) is 49.9 Å². The van der Waals surface area contributed by atoms with Gasteiger partial charge in [0.05, 0.1) is 17.1 Å². The van der Waals surface area contributed by atoms with Crippen molar-refractivity contribution >= 4 is 76.4 Å². The molecule has 10 aromatic rings. The zero-order valence-electron chi connectivity index (χ0n) is 34.8. The molecule has 292 valence electrons. The normalized spacial score (nSPS) is 14.2. The van der Waals surface area contributed by atoms with E-state index >= 15 is 0 Å². The minimum atomic E-state index is -0.105. The fourth-order valence-corrected chi connectivity index (χ4v) is 12.0. The smallest absolute Gasteiger partial charge is 0.0554 e. The molecule has 0 radical (unpaired) electrons. The highest BCUT2D eigenvalue weighted by Gasteiger charge is 2.39. The molecule has 1 aromatic heterocycles. The summed E-state index contributed by atoms with van der Waals surface area (Å²) in [4.78, 5) is 4.98. The molecule has 0 unspecified atom stereocenters. The summed E-state index contributed by atoms with van der Waals surface area (Å²) in [5.41, 5.74) is 17.6. The number of nitrogens with zero attached hydrogens (tertiary/aromatic N) is 2. The van der Waals surface area contributed by atoms with Gasteiger partial charge in [-0.15, -0.1) is 11.3 Å². The third-order valence-corrected chi connectivity index (χ3v) is 14.7. The first-order valence-electron chi connectivity index (χ1n) is 21.4. The van der Waals surface area contributed by atoms with Crippen LogP contribution in [0.4, 0.5) is 34.1 Å². The lowest BCUT2D eigenvalue weighted by Gasteiger charge is -2.30. The van der Waals surface area contributed by atoms with Crippen LogP contribution < -0.4 is 9.80 Å². The maximum absolute atomic E-state index is 2.51. The minimum Gasteiger partial charge on any atom is -0.310 e. The number of benzene rings is 9. The van der Waals surface area contributed by atoms with Crippen LogP contribution in [0.25, 0.3) is 53.2 Å². The first kappa shape index (κ1) is 36.0. The van der Waals surface area contributed by atoms with Crippen LogP contribution in [0.5, 0.6) is 0 Å². The van der Waals surface area contributed by atoms with Gasteiger partial charge < -0.3 is 9.80 Å². The van der Waals surface area contributed by atoms with Crippen molar-refractivity contribution in [2.45, 2.75) is 38.5 Å². The number of para-hydroxylation sites is 2. The highest BCUT2D eigenvalue weighted by Crippen LogP contribution is 2.57. The number of rotatable bonds is 6. The van der Waals surface area contributed by atoms with Crippen LogP contribution in [-0.4, -0.2) is 0 Å². The lowest BCUT2D eigenvalue weighted by atomic mass is 9.82. The third kappa shape index (κ3) is 5.20. The van der Waals surface area contributed by atoms with Crippen molar-refractivity contribution in [2.75, 3.05) is 9.80 Å². The second kappa shape index (κ2) is 13.3. The van der Waals surface area contributed by atoms with Gasteiger partial charge in [0, 0.05) is 64.6 Å². The van der Waals surface area contributed by atoms with E-state index in [4.69, 9.17) is 0 Å². The van der Waals surface area contributed by atoms with Crippen LogP contribution in [0, 0.1) is 0 Å². The van der Waals surface area contributed by atoms with Crippen molar-refractivity contribution < 1.29 is 0 Å². The Hall–Kier alpha value is -6.94. The van der Waals surface area contributed by atoms with E-state index in [1.807, 2.05) is 11.3 Å². The monoisotopic (exact) mass is 800 g/mol. The summed E-state index contributed by atoms with van der Waals surface area (Å²) in [6.45, 7) is 9.45. The van der Waals surface area contributed by atoms with Gasteiger partial charge in [0.25, 0.3) is 0 Å². The van der Waals surface area contributed by atoms with Gasteiger partial charge in [0.2, 0.25) is 0 Å². The van der Waals surface area contributed by atoms with Gasteiger partial charge in [0.15, 0.2) is 0 Å². The molecule has 3 heteroatoms. The Morgan fingerprint density at radius 1 is 0.344 bits per heavy atom. The molecule has 0 saturated heterocycles. The number of fused-ring (bicyclic) bond motifs is 11. The van der Waals surface area contributed by atoms with E-state index in [9.17, 15) is 0 Å². The summed E-state index contributed by atoms with van der Waals surface area (Å²) in [5.74, 6) is 0. The molecule has 2 aliphatic carbocycles. The van der Waals surface area contributed by atoms with E-state index in [0.717, 1.165) is 17.1 Å². The maximum atomic E-state index is 2.51. The first-order chi connectivity index (χ1) is 29.8. The molecule has 61 heavy (non-hydrogen) atoms. The second-order valence-corrected chi connectivity index (χ2v) is 18.8. The Morgan fingerprint density at radius 2 is 0.836 bits per heavy atom. The molecule has 0 N–H and O–H groups in total. The number of anilines is 6. The van der Waals surface area contributed by atoms with Gasteiger partial charge in [-0.25, -0.2) is 0 Å². The molecule has 0 spiro atoms. The van der Waals surface area contributed by atoms with E-state index in [2.05, 4.69) is 232 Å². The lowest BCUT2D eigenvalue weighted by Crippen LogP contribution is -2.16. The van der Waals surface area contributed by atoms with Crippen molar-refractivity contribution in [1.82, 2.24) is 0 Å². The lowest BCUT2D eigenvalue weighted by molar-refractivity contribution is 0.660. The fraction of sp³-hybridized carbons (Fsp3) is 0.103. The van der Waals surface area contributed by atoms with E-state index in [0.29, 0.717) is 0 Å². The van der Waals surface area contributed by atoms with Gasteiger partial charge in [-0.2, -0.15) is 0 Å². The summed E-state index contributed by atoms with van der Waals surface area (Å²) < 4.78 is 2.55. The number of thiophene rings is 1. The van der Waals surface area contributed by atoms with Crippen LogP contribution in [0.2, 0.25) is 0 Å². The van der Waals surface area contributed by atoms with Crippen LogP contribution in [-0.2, 0) is 10.8 Å². The van der Waals surface area contributed by atoms with Gasteiger partial charge in [-0.3, -0.25) is 0 Å². The molecule has 0 aliphatic heterocycles. The Kier molecular flexibility index (Phi) is 7.83. The predicted molar refractivity (Wildman–Crippen MR) is 261 cm³/mol. The van der Waals surface area contributed by atoms with Gasteiger partial charge in [-0.1, -0.05) is 167 Å². The van der Waals surface area contributed by atoms with E-state index in [1.54, 1.807) is 0 Å². The fourth-order valence-electron chi connectivity index (χ4n) is 10.8. The Morgan fingerprint density at radius 3 is 1.44 bits per heavy atom. The molecule has 9 aromatic carbocycles. The van der Waals surface area contributed by atoms with Crippen LogP contribution >= 0.6 is 11.3 Å². The van der Waals surface area contributed by atoms with Crippen LogP contribution in [0.3, 0.4) is 0 Å².